The van der Waals surface area contributed by atoms with Crippen molar-refractivity contribution < 1.29 is 33.5 Å². The number of hydrogen-bond acceptors (Lipinski definition) is 7. The SMILES string of the molecule is CC(C)(CC1CO1)Oc1ccc(C(C)(C)c2ccc(OCC(O)C(C)(C)Oc3ccc(C(C)(C)c4ccc(OCC5CO5)cc4)cc3)cc2)cc1. The van der Waals surface area contributed by atoms with Crippen molar-refractivity contribution in [3.8, 4) is 23.0 Å². The molecule has 2 aliphatic rings. The Labute approximate surface area is 303 Å². The summed E-state index contributed by atoms with van der Waals surface area (Å²) in [5, 5.41) is 11.1. The minimum Gasteiger partial charge on any atom is -0.491 e. The Kier molecular flexibility index (Phi) is 10.5. The molecular formula is C44H54O7. The predicted octanol–water partition coefficient (Wildman–Crippen LogP) is 8.66. The maximum absolute atomic E-state index is 11.1. The van der Waals surface area contributed by atoms with Crippen molar-refractivity contribution in [2.24, 2.45) is 0 Å². The smallest absolute Gasteiger partial charge is 0.132 e. The van der Waals surface area contributed by atoms with Gasteiger partial charge >= 0.3 is 0 Å². The van der Waals surface area contributed by atoms with Crippen LogP contribution in [0.15, 0.2) is 97.1 Å². The Bertz CT molecular complexity index is 1710. The average molecular weight is 695 g/mol. The molecule has 0 spiro atoms. The van der Waals surface area contributed by atoms with Crippen LogP contribution in [0.1, 0.15) is 84.1 Å². The van der Waals surface area contributed by atoms with Crippen LogP contribution in [-0.2, 0) is 20.3 Å². The molecule has 4 aromatic carbocycles. The van der Waals surface area contributed by atoms with Crippen LogP contribution < -0.4 is 18.9 Å². The second-order valence-electron chi connectivity index (χ2n) is 16.2. The second kappa shape index (κ2) is 14.5. The minimum atomic E-state index is -0.878. The summed E-state index contributed by atoms with van der Waals surface area (Å²) in [6.45, 7) is 19.1. The highest BCUT2D eigenvalue weighted by Gasteiger charge is 2.34. The van der Waals surface area contributed by atoms with Crippen LogP contribution in [0.2, 0.25) is 0 Å². The van der Waals surface area contributed by atoms with E-state index in [0.717, 1.165) is 42.3 Å². The summed E-state index contributed by atoms with van der Waals surface area (Å²) < 4.78 is 35.0. The molecule has 4 aromatic rings. The lowest BCUT2D eigenvalue weighted by molar-refractivity contribution is -0.0492. The number of epoxide rings is 2. The number of ether oxygens (including phenoxy) is 6. The van der Waals surface area contributed by atoms with E-state index in [0.29, 0.717) is 24.2 Å². The van der Waals surface area contributed by atoms with Crippen LogP contribution >= 0.6 is 0 Å². The van der Waals surface area contributed by atoms with Gasteiger partial charge in [-0.1, -0.05) is 76.2 Å². The van der Waals surface area contributed by atoms with Gasteiger partial charge < -0.3 is 33.5 Å². The molecule has 0 radical (unpaired) electrons. The van der Waals surface area contributed by atoms with E-state index in [1.807, 2.05) is 62.4 Å². The number of benzene rings is 4. The highest BCUT2D eigenvalue weighted by molar-refractivity contribution is 5.43. The van der Waals surface area contributed by atoms with E-state index in [-0.39, 0.29) is 29.1 Å². The zero-order valence-corrected chi connectivity index (χ0v) is 31.4. The van der Waals surface area contributed by atoms with Crippen LogP contribution in [0.5, 0.6) is 23.0 Å². The third-order valence-corrected chi connectivity index (χ3v) is 10.2. The molecule has 0 aliphatic carbocycles. The van der Waals surface area contributed by atoms with Gasteiger partial charge in [0.1, 0.15) is 59.6 Å². The Balaban J connectivity index is 0.999. The van der Waals surface area contributed by atoms with E-state index in [9.17, 15) is 5.11 Å². The van der Waals surface area contributed by atoms with Crippen molar-refractivity contribution in [2.75, 3.05) is 26.4 Å². The topological polar surface area (TPSA) is 82.2 Å². The average Bonchev–Trinajstić information content (AvgIpc) is 4.04. The third-order valence-electron chi connectivity index (χ3n) is 10.2. The molecule has 0 amide bonds. The lowest BCUT2D eigenvalue weighted by atomic mass is 9.78. The zero-order chi connectivity index (χ0) is 36.4. The molecule has 51 heavy (non-hydrogen) atoms. The van der Waals surface area contributed by atoms with Gasteiger partial charge in [0, 0.05) is 17.3 Å². The van der Waals surface area contributed by atoms with Crippen molar-refractivity contribution in [3.63, 3.8) is 0 Å². The standard InChI is InChI=1S/C44H54O7/c1-41(2,25-38-26-47-38)50-36-21-13-32(14-22-36)42(3,4)31-11-19-35(20-12-31)49-29-40(45)44(7,8)51-37-23-15-33(16-24-37)43(5,6)30-9-17-34(18-10-30)46-27-39-28-48-39/h9-24,38-40,45H,25-29H2,1-8H3. The first kappa shape index (κ1) is 36.7. The van der Waals surface area contributed by atoms with E-state index >= 15 is 0 Å². The first-order valence-electron chi connectivity index (χ1n) is 18.1. The minimum absolute atomic E-state index is 0.0962. The predicted molar refractivity (Wildman–Crippen MR) is 201 cm³/mol. The molecule has 2 saturated heterocycles. The van der Waals surface area contributed by atoms with E-state index in [2.05, 4.69) is 90.1 Å². The van der Waals surface area contributed by atoms with Crippen LogP contribution in [0, 0.1) is 0 Å². The summed E-state index contributed by atoms with van der Waals surface area (Å²) in [5.74, 6) is 3.09. The first-order valence-corrected chi connectivity index (χ1v) is 18.1. The highest BCUT2D eigenvalue weighted by atomic mass is 16.6. The highest BCUT2D eigenvalue weighted by Crippen LogP contribution is 2.36. The maximum atomic E-state index is 11.1. The first-order chi connectivity index (χ1) is 24.1. The Hall–Kier alpha value is -4.04. The van der Waals surface area contributed by atoms with Crippen molar-refractivity contribution in [3.05, 3.63) is 119 Å². The van der Waals surface area contributed by atoms with E-state index in [1.54, 1.807) is 0 Å². The molecule has 0 bridgehead atoms. The van der Waals surface area contributed by atoms with Crippen molar-refractivity contribution in [1.82, 2.24) is 0 Å². The number of rotatable bonds is 17. The molecule has 2 heterocycles. The molecule has 7 heteroatoms. The fourth-order valence-corrected chi connectivity index (χ4v) is 6.34. The lowest BCUT2D eigenvalue weighted by Crippen LogP contribution is -2.45. The van der Waals surface area contributed by atoms with Gasteiger partial charge in [-0.15, -0.1) is 0 Å². The largest absolute Gasteiger partial charge is 0.491 e. The summed E-state index contributed by atoms with van der Waals surface area (Å²) in [6.07, 6.45) is 0.575. The number of aliphatic hydroxyl groups is 1. The normalized spacial score (nSPS) is 18.1. The van der Waals surface area contributed by atoms with Gasteiger partial charge in [0.2, 0.25) is 0 Å². The van der Waals surface area contributed by atoms with E-state index in [4.69, 9.17) is 28.4 Å². The van der Waals surface area contributed by atoms with E-state index < -0.39 is 11.7 Å². The van der Waals surface area contributed by atoms with Gasteiger partial charge in [0.25, 0.3) is 0 Å². The molecule has 6 rings (SSSR count). The molecule has 3 unspecified atom stereocenters. The lowest BCUT2D eigenvalue weighted by Gasteiger charge is -2.32. The molecular weight excluding hydrogens is 640 g/mol. The van der Waals surface area contributed by atoms with Gasteiger partial charge in [-0.2, -0.15) is 0 Å². The molecule has 0 aromatic heterocycles. The van der Waals surface area contributed by atoms with Gasteiger partial charge in [0.05, 0.1) is 19.3 Å². The zero-order valence-electron chi connectivity index (χ0n) is 31.4. The molecule has 7 nitrogen and oxygen atoms in total. The quantitative estimate of drug-likeness (QED) is 0.111. The van der Waals surface area contributed by atoms with Crippen molar-refractivity contribution in [1.29, 1.82) is 0 Å². The number of hydrogen-bond donors (Lipinski definition) is 1. The maximum Gasteiger partial charge on any atom is 0.132 e. The van der Waals surface area contributed by atoms with Crippen molar-refractivity contribution in [2.45, 2.75) is 102 Å². The molecule has 272 valence electrons. The van der Waals surface area contributed by atoms with Crippen LogP contribution in [0.4, 0.5) is 0 Å². The molecule has 2 aliphatic heterocycles. The Morgan fingerprint density at radius 2 is 0.922 bits per heavy atom. The van der Waals surface area contributed by atoms with Crippen LogP contribution in [-0.4, -0.2) is 61.0 Å². The fourth-order valence-electron chi connectivity index (χ4n) is 6.34. The third kappa shape index (κ3) is 9.45. The van der Waals surface area contributed by atoms with Gasteiger partial charge in [-0.25, -0.2) is 0 Å². The van der Waals surface area contributed by atoms with Gasteiger partial charge in [-0.05, 0) is 98.5 Å². The summed E-state index contributed by atoms with van der Waals surface area (Å²) in [5.41, 5.74) is 3.11. The number of aliphatic hydroxyl groups excluding tert-OH is 1. The van der Waals surface area contributed by atoms with E-state index in [1.165, 1.54) is 11.1 Å². The molecule has 0 saturated carbocycles. The summed E-state index contributed by atoms with van der Waals surface area (Å²) >= 11 is 0. The molecule has 2 fully saturated rings. The summed E-state index contributed by atoms with van der Waals surface area (Å²) in [6, 6.07) is 32.8. The van der Waals surface area contributed by atoms with Crippen LogP contribution in [0.25, 0.3) is 0 Å². The van der Waals surface area contributed by atoms with Crippen molar-refractivity contribution >= 4 is 0 Å². The Morgan fingerprint density at radius 3 is 1.33 bits per heavy atom. The van der Waals surface area contributed by atoms with Gasteiger partial charge in [-0.3, -0.25) is 0 Å². The van der Waals surface area contributed by atoms with Crippen LogP contribution in [0.3, 0.4) is 0 Å². The second-order valence-corrected chi connectivity index (χ2v) is 16.2. The monoisotopic (exact) mass is 694 g/mol. The summed E-state index contributed by atoms with van der Waals surface area (Å²) in [7, 11) is 0. The fraction of sp³-hybridized carbons (Fsp3) is 0.455. The Morgan fingerprint density at radius 1 is 0.549 bits per heavy atom. The summed E-state index contributed by atoms with van der Waals surface area (Å²) in [4.78, 5) is 0. The van der Waals surface area contributed by atoms with Gasteiger partial charge in [0.15, 0.2) is 0 Å². The molecule has 1 N–H and O–H groups in total. The molecule has 3 atom stereocenters.